The molecule has 1 aromatic carbocycles. The topological polar surface area (TPSA) is 52.6 Å². The van der Waals surface area contributed by atoms with Gasteiger partial charge in [0.25, 0.3) is 0 Å². The number of aliphatic hydroxyl groups excluding tert-OH is 1. The highest BCUT2D eigenvalue weighted by molar-refractivity contribution is 5.91. The molecule has 21 heavy (non-hydrogen) atoms. The highest BCUT2D eigenvalue weighted by atomic mass is 16.2. The van der Waals surface area contributed by atoms with E-state index < -0.39 is 0 Å². The Balaban J connectivity index is 2.12. The van der Waals surface area contributed by atoms with Crippen LogP contribution in [0.5, 0.6) is 0 Å². The first-order valence-corrected chi connectivity index (χ1v) is 7.47. The summed E-state index contributed by atoms with van der Waals surface area (Å²) in [5, 5.41) is 11.8. The number of rotatable bonds is 1. The molecule has 0 aromatic heterocycles. The molecule has 1 heterocycles. The van der Waals surface area contributed by atoms with Crippen LogP contribution in [0, 0.1) is 18.8 Å². The van der Waals surface area contributed by atoms with Crippen molar-refractivity contribution in [1.82, 2.24) is 4.90 Å². The van der Waals surface area contributed by atoms with Gasteiger partial charge in [-0.3, -0.25) is 0 Å². The number of amides is 2. The number of aliphatic hydroxyl groups is 1. The largest absolute Gasteiger partial charge is 0.384 e. The van der Waals surface area contributed by atoms with Gasteiger partial charge in [0, 0.05) is 18.7 Å². The maximum atomic E-state index is 12.3. The summed E-state index contributed by atoms with van der Waals surface area (Å²) in [5.74, 6) is 5.53. The van der Waals surface area contributed by atoms with Crippen molar-refractivity contribution in [3.8, 4) is 11.8 Å². The smallest absolute Gasteiger partial charge is 0.321 e. The molecule has 1 aliphatic heterocycles. The van der Waals surface area contributed by atoms with Crippen LogP contribution in [0.2, 0.25) is 0 Å². The standard InChI is InChI=1S/C17H22N2O2/c1-14-8-9-16(15(13-14)7-6-12-20)18-17(21)19-10-4-2-3-5-11-19/h8-9,13,20H,2-5,10-12H2,1H3,(H,18,21). The molecule has 2 amide bonds. The van der Waals surface area contributed by atoms with Gasteiger partial charge < -0.3 is 15.3 Å². The maximum absolute atomic E-state index is 12.3. The van der Waals surface area contributed by atoms with Gasteiger partial charge in [-0.05, 0) is 37.5 Å². The lowest BCUT2D eigenvalue weighted by atomic mass is 10.1. The fraction of sp³-hybridized carbons (Fsp3) is 0.471. The summed E-state index contributed by atoms with van der Waals surface area (Å²) in [5.41, 5.74) is 2.52. The highest BCUT2D eigenvalue weighted by Crippen LogP contribution is 2.18. The number of carbonyl (C=O) groups excluding carboxylic acids is 1. The molecule has 1 saturated heterocycles. The molecule has 0 unspecified atom stereocenters. The van der Waals surface area contributed by atoms with Crippen molar-refractivity contribution in [3.05, 3.63) is 29.3 Å². The summed E-state index contributed by atoms with van der Waals surface area (Å²) >= 11 is 0. The third kappa shape index (κ3) is 4.51. The van der Waals surface area contributed by atoms with E-state index in [2.05, 4.69) is 17.2 Å². The Morgan fingerprint density at radius 3 is 2.67 bits per heavy atom. The lowest BCUT2D eigenvalue weighted by Gasteiger charge is -2.21. The van der Waals surface area contributed by atoms with E-state index in [0.717, 1.165) is 37.1 Å². The summed E-state index contributed by atoms with van der Waals surface area (Å²) < 4.78 is 0. The van der Waals surface area contributed by atoms with Crippen molar-refractivity contribution in [1.29, 1.82) is 0 Å². The van der Waals surface area contributed by atoms with E-state index in [4.69, 9.17) is 5.11 Å². The summed E-state index contributed by atoms with van der Waals surface area (Å²) in [4.78, 5) is 14.2. The fourth-order valence-electron chi connectivity index (χ4n) is 2.47. The Bertz CT molecular complexity index is 550. The van der Waals surface area contributed by atoms with Crippen molar-refractivity contribution in [2.45, 2.75) is 32.6 Å². The molecule has 112 valence electrons. The minimum absolute atomic E-state index is 0.0622. The number of anilines is 1. The molecular weight excluding hydrogens is 264 g/mol. The van der Waals surface area contributed by atoms with Gasteiger partial charge in [-0.15, -0.1) is 0 Å². The quantitative estimate of drug-likeness (QED) is 0.780. The molecule has 2 rings (SSSR count). The monoisotopic (exact) mass is 286 g/mol. The zero-order valence-corrected chi connectivity index (χ0v) is 12.5. The summed E-state index contributed by atoms with van der Waals surface area (Å²) in [6, 6.07) is 5.67. The predicted molar refractivity (Wildman–Crippen MR) is 84.2 cm³/mol. The predicted octanol–water partition coefficient (Wildman–Crippen LogP) is 2.75. The number of hydrogen-bond donors (Lipinski definition) is 2. The second kappa shape index (κ2) is 7.70. The first-order valence-electron chi connectivity index (χ1n) is 7.47. The minimum atomic E-state index is -0.187. The molecule has 1 aromatic rings. The molecule has 4 heteroatoms. The molecule has 4 nitrogen and oxygen atoms in total. The fourth-order valence-corrected chi connectivity index (χ4v) is 2.47. The number of carbonyl (C=O) groups is 1. The van der Waals surface area contributed by atoms with Crippen LogP contribution in [0.15, 0.2) is 18.2 Å². The van der Waals surface area contributed by atoms with Gasteiger partial charge in [-0.25, -0.2) is 4.79 Å². The van der Waals surface area contributed by atoms with Gasteiger partial charge in [0.05, 0.1) is 5.69 Å². The van der Waals surface area contributed by atoms with Crippen LogP contribution in [0.4, 0.5) is 10.5 Å². The van der Waals surface area contributed by atoms with E-state index in [1.807, 2.05) is 30.0 Å². The molecule has 0 aliphatic carbocycles. The molecule has 0 atom stereocenters. The molecule has 0 radical (unpaired) electrons. The molecule has 1 fully saturated rings. The number of nitrogens with zero attached hydrogens (tertiary/aromatic N) is 1. The van der Waals surface area contributed by atoms with Crippen LogP contribution in [0.1, 0.15) is 36.8 Å². The zero-order chi connectivity index (χ0) is 15.1. The van der Waals surface area contributed by atoms with Crippen molar-refractivity contribution < 1.29 is 9.90 Å². The highest BCUT2D eigenvalue weighted by Gasteiger charge is 2.16. The molecular formula is C17H22N2O2. The van der Waals surface area contributed by atoms with E-state index in [9.17, 15) is 4.79 Å². The average Bonchev–Trinajstić information content (AvgIpc) is 2.76. The van der Waals surface area contributed by atoms with Gasteiger partial charge in [-0.1, -0.05) is 30.7 Å². The second-order valence-corrected chi connectivity index (χ2v) is 5.34. The van der Waals surface area contributed by atoms with Crippen LogP contribution in [-0.4, -0.2) is 35.7 Å². The number of urea groups is 1. The van der Waals surface area contributed by atoms with Crippen LogP contribution < -0.4 is 5.32 Å². The summed E-state index contributed by atoms with van der Waals surface area (Å²) in [6.07, 6.45) is 4.53. The molecule has 1 aliphatic rings. The Hall–Kier alpha value is -1.99. The number of aryl methyl sites for hydroxylation is 1. The Morgan fingerprint density at radius 2 is 2.00 bits per heavy atom. The van der Waals surface area contributed by atoms with Gasteiger partial charge >= 0.3 is 6.03 Å². The van der Waals surface area contributed by atoms with E-state index in [0.29, 0.717) is 5.69 Å². The number of likely N-dealkylation sites (tertiary alicyclic amines) is 1. The maximum Gasteiger partial charge on any atom is 0.321 e. The number of nitrogens with one attached hydrogen (secondary N) is 1. The number of benzene rings is 1. The second-order valence-electron chi connectivity index (χ2n) is 5.34. The number of hydrogen-bond acceptors (Lipinski definition) is 2. The normalized spacial score (nSPS) is 14.9. The Kier molecular flexibility index (Phi) is 5.65. The van der Waals surface area contributed by atoms with Gasteiger partial charge in [-0.2, -0.15) is 0 Å². The summed E-state index contributed by atoms with van der Waals surface area (Å²) in [6.45, 7) is 3.42. The first-order chi connectivity index (χ1) is 10.2. The van der Waals surface area contributed by atoms with E-state index in [-0.39, 0.29) is 12.6 Å². The molecule has 0 saturated carbocycles. The van der Waals surface area contributed by atoms with Crippen molar-refractivity contribution >= 4 is 11.7 Å². The van der Waals surface area contributed by atoms with Crippen molar-refractivity contribution in [2.75, 3.05) is 25.0 Å². The van der Waals surface area contributed by atoms with Gasteiger partial charge in [0.15, 0.2) is 0 Å². The van der Waals surface area contributed by atoms with Crippen LogP contribution >= 0.6 is 0 Å². The molecule has 0 spiro atoms. The molecule has 2 N–H and O–H groups in total. The van der Waals surface area contributed by atoms with E-state index in [1.165, 1.54) is 12.8 Å². The Labute approximate surface area is 126 Å². The van der Waals surface area contributed by atoms with Gasteiger partial charge in [0.2, 0.25) is 0 Å². The average molecular weight is 286 g/mol. The van der Waals surface area contributed by atoms with E-state index >= 15 is 0 Å². The van der Waals surface area contributed by atoms with Crippen LogP contribution in [0.25, 0.3) is 0 Å². The molecule has 0 bridgehead atoms. The zero-order valence-electron chi connectivity index (χ0n) is 12.5. The van der Waals surface area contributed by atoms with Crippen LogP contribution in [-0.2, 0) is 0 Å². The SMILES string of the molecule is Cc1ccc(NC(=O)N2CCCCCC2)c(C#CCO)c1. The lowest BCUT2D eigenvalue weighted by molar-refractivity contribution is 0.214. The van der Waals surface area contributed by atoms with E-state index in [1.54, 1.807) is 0 Å². The van der Waals surface area contributed by atoms with Crippen LogP contribution in [0.3, 0.4) is 0 Å². The minimum Gasteiger partial charge on any atom is -0.384 e. The third-order valence-electron chi connectivity index (χ3n) is 3.61. The Morgan fingerprint density at radius 1 is 1.29 bits per heavy atom. The van der Waals surface area contributed by atoms with Crippen molar-refractivity contribution in [2.24, 2.45) is 0 Å². The van der Waals surface area contributed by atoms with Crippen molar-refractivity contribution in [3.63, 3.8) is 0 Å². The third-order valence-corrected chi connectivity index (χ3v) is 3.61. The van der Waals surface area contributed by atoms with Gasteiger partial charge in [0.1, 0.15) is 6.61 Å². The summed E-state index contributed by atoms with van der Waals surface area (Å²) in [7, 11) is 0. The lowest BCUT2D eigenvalue weighted by Crippen LogP contribution is -2.35. The first kappa shape index (κ1) is 15.4.